The third-order valence-corrected chi connectivity index (χ3v) is 5.00. The monoisotopic (exact) mass is 372 g/mol. The summed E-state index contributed by atoms with van der Waals surface area (Å²) in [6.45, 7) is 2.38. The summed E-state index contributed by atoms with van der Waals surface area (Å²) in [5, 5.41) is 28.5. The Kier molecular flexibility index (Phi) is 14.1. The van der Waals surface area contributed by atoms with Crippen LogP contribution in [0.3, 0.4) is 0 Å². The molecule has 0 radical (unpaired) electrons. The van der Waals surface area contributed by atoms with Gasteiger partial charge in [-0.25, -0.2) is 0 Å². The lowest BCUT2D eigenvalue weighted by Gasteiger charge is -2.23. The van der Waals surface area contributed by atoms with Gasteiger partial charge in [-0.2, -0.15) is 0 Å². The van der Waals surface area contributed by atoms with Gasteiger partial charge in [-0.05, 0) is 12.8 Å². The molecule has 0 aliphatic carbocycles. The predicted octanol–water partition coefficient (Wildman–Crippen LogP) is 3.35. The molecule has 26 heavy (non-hydrogen) atoms. The molecule has 1 aliphatic heterocycles. The molecule has 0 unspecified atom stereocenters. The Morgan fingerprint density at radius 1 is 1.00 bits per heavy atom. The summed E-state index contributed by atoms with van der Waals surface area (Å²) in [5.41, 5.74) is 0. The summed E-state index contributed by atoms with van der Waals surface area (Å²) < 4.78 is 10.9. The average Bonchev–Trinajstić information content (AvgIpc) is 3.02. The maximum atomic E-state index is 9.84. The van der Waals surface area contributed by atoms with Gasteiger partial charge in [0.1, 0.15) is 24.4 Å². The van der Waals surface area contributed by atoms with E-state index in [4.69, 9.17) is 14.6 Å². The molecule has 1 aliphatic rings. The number of unbranched alkanes of at least 4 members (excludes halogenated alkanes) is 10. The molecule has 1 heterocycles. The first kappa shape index (κ1) is 23.6. The smallest absolute Gasteiger partial charge is 0.115 e. The molecular weight excluding hydrogens is 332 g/mol. The second kappa shape index (κ2) is 15.6. The number of allylic oxidation sites excluding steroid dienone is 1. The lowest BCUT2D eigenvalue weighted by molar-refractivity contribution is -0.0879. The lowest BCUT2D eigenvalue weighted by Crippen LogP contribution is -2.42. The third kappa shape index (κ3) is 10.0. The molecule has 1 fully saturated rings. The minimum absolute atomic E-state index is 0.134. The second-order valence-electron chi connectivity index (χ2n) is 7.36. The number of hydrogen-bond donors (Lipinski definition) is 3. The molecule has 154 valence electrons. The molecule has 0 bridgehead atoms. The molecule has 0 aromatic carbocycles. The van der Waals surface area contributed by atoms with E-state index >= 15 is 0 Å². The Morgan fingerprint density at radius 2 is 1.62 bits per heavy atom. The van der Waals surface area contributed by atoms with Crippen molar-refractivity contribution in [2.45, 2.75) is 102 Å². The highest BCUT2D eigenvalue weighted by atomic mass is 16.6. The van der Waals surface area contributed by atoms with Crippen LogP contribution in [0.15, 0.2) is 12.2 Å². The van der Waals surface area contributed by atoms with Crippen LogP contribution in [0.2, 0.25) is 0 Å². The summed E-state index contributed by atoms with van der Waals surface area (Å²) in [6.07, 6.45) is 15.5. The first-order chi connectivity index (χ1) is 12.7. The number of rotatable bonds is 16. The molecule has 0 aromatic heterocycles. The van der Waals surface area contributed by atoms with E-state index in [2.05, 4.69) is 13.0 Å². The van der Waals surface area contributed by atoms with E-state index in [-0.39, 0.29) is 6.61 Å². The normalized spacial score (nSPS) is 24.5. The fraction of sp³-hybridized carbons (Fsp3) is 0.905. The summed E-state index contributed by atoms with van der Waals surface area (Å²) in [7, 11) is 0. The molecule has 1 saturated heterocycles. The zero-order valence-electron chi connectivity index (χ0n) is 16.5. The van der Waals surface area contributed by atoms with Crippen LogP contribution in [0.1, 0.15) is 77.6 Å². The Balaban J connectivity index is 1.96. The summed E-state index contributed by atoms with van der Waals surface area (Å²) in [4.78, 5) is 0. The average molecular weight is 373 g/mol. The largest absolute Gasteiger partial charge is 0.394 e. The van der Waals surface area contributed by atoms with E-state index in [0.29, 0.717) is 6.61 Å². The third-order valence-electron chi connectivity index (χ3n) is 5.00. The van der Waals surface area contributed by atoms with Gasteiger partial charge in [0.2, 0.25) is 0 Å². The minimum atomic E-state index is -1.02. The number of hydrogen-bond acceptors (Lipinski definition) is 5. The van der Waals surface area contributed by atoms with Crippen molar-refractivity contribution in [3.05, 3.63) is 12.2 Å². The summed E-state index contributed by atoms with van der Waals surface area (Å²) in [5.74, 6) is 0. The van der Waals surface area contributed by atoms with Crippen molar-refractivity contribution in [3.8, 4) is 0 Å². The molecule has 1 rings (SSSR count). The molecule has 0 saturated carbocycles. The van der Waals surface area contributed by atoms with Crippen LogP contribution in [0.5, 0.6) is 0 Å². The van der Waals surface area contributed by atoms with E-state index in [1.165, 1.54) is 64.2 Å². The van der Waals surface area contributed by atoms with Crippen molar-refractivity contribution >= 4 is 0 Å². The van der Waals surface area contributed by atoms with Crippen LogP contribution in [-0.4, -0.2) is 59.6 Å². The topological polar surface area (TPSA) is 79.2 Å². The van der Waals surface area contributed by atoms with Gasteiger partial charge < -0.3 is 24.8 Å². The SMILES string of the molecule is CCCCCCCCCCCC/C=C/CO[C@H]1[C@@H]([C@H](O)CO)OC[C@@H]1O. The fourth-order valence-corrected chi connectivity index (χ4v) is 3.36. The summed E-state index contributed by atoms with van der Waals surface area (Å²) in [6, 6.07) is 0. The van der Waals surface area contributed by atoms with Crippen LogP contribution in [-0.2, 0) is 9.47 Å². The van der Waals surface area contributed by atoms with Crippen LogP contribution < -0.4 is 0 Å². The highest BCUT2D eigenvalue weighted by Crippen LogP contribution is 2.21. The maximum Gasteiger partial charge on any atom is 0.115 e. The highest BCUT2D eigenvalue weighted by Gasteiger charge is 2.40. The van der Waals surface area contributed by atoms with Gasteiger partial charge in [0, 0.05) is 0 Å². The molecule has 5 nitrogen and oxygen atoms in total. The summed E-state index contributed by atoms with van der Waals surface area (Å²) >= 11 is 0. The first-order valence-electron chi connectivity index (χ1n) is 10.6. The van der Waals surface area contributed by atoms with Crippen molar-refractivity contribution in [2.24, 2.45) is 0 Å². The molecule has 0 amide bonds. The van der Waals surface area contributed by atoms with Gasteiger partial charge in [0.25, 0.3) is 0 Å². The Hall–Kier alpha value is -0.460. The molecule has 0 spiro atoms. The zero-order chi connectivity index (χ0) is 19.0. The molecular formula is C21H40O5. The Labute approximate surface area is 159 Å². The second-order valence-corrected chi connectivity index (χ2v) is 7.36. The van der Waals surface area contributed by atoms with Gasteiger partial charge in [0.15, 0.2) is 0 Å². The molecule has 0 aromatic rings. The van der Waals surface area contributed by atoms with Crippen molar-refractivity contribution in [1.29, 1.82) is 0 Å². The predicted molar refractivity (Wildman–Crippen MR) is 104 cm³/mol. The van der Waals surface area contributed by atoms with Gasteiger partial charge in [-0.1, -0.05) is 76.9 Å². The standard InChI is InChI=1S/C21H40O5/c1-2-3-4-5-6-7-8-9-10-11-12-13-14-15-25-21-19(24)17-26-20(21)18(23)16-22/h13-14,18-24H,2-12,15-17H2,1H3/b14-13+/t18-,19+,20-,21-/m1/s1. The van der Waals surface area contributed by atoms with Crippen LogP contribution in [0.25, 0.3) is 0 Å². The molecule has 4 atom stereocenters. The number of ether oxygens (including phenoxy) is 2. The van der Waals surface area contributed by atoms with E-state index in [1.807, 2.05) is 6.08 Å². The van der Waals surface area contributed by atoms with E-state index in [0.717, 1.165) is 6.42 Å². The van der Waals surface area contributed by atoms with Gasteiger partial charge in [-0.3, -0.25) is 0 Å². The zero-order valence-corrected chi connectivity index (χ0v) is 16.5. The number of aliphatic hydroxyl groups is 3. The minimum Gasteiger partial charge on any atom is -0.394 e. The van der Waals surface area contributed by atoms with Gasteiger partial charge in [-0.15, -0.1) is 0 Å². The van der Waals surface area contributed by atoms with E-state index < -0.39 is 31.0 Å². The van der Waals surface area contributed by atoms with Gasteiger partial charge >= 0.3 is 0 Å². The van der Waals surface area contributed by atoms with Gasteiger partial charge in [0.05, 0.1) is 19.8 Å². The Bertz CT molecular complexity index is 347. The van der Waals surface area contributed by atoms with E-state index in [1.54, 1.807) is 0 Å². The van der Waals surface area contributed by atoms with Crippen molar-refractivity contribution < 1.29 is 24.8 Å². The van der Waals surface area contributed by atoms with Crippen molar-refractivity contribution in [3.63, 3.8) is 0 Å². The first-order valence-corrected chi connectivity index (χ1v) is 10.6. The number of aliphatic hydroxyl groups excluding tert-OH is 3. The Morgan fingerprint density at radius 3 is 2.23 bits per heavy atom. The van der Waals surface area contributed by atoms with Crippen LogP contribution in [0, 0.1) is 0 Å². The molecule has 3 N–H and O–H groups in total. The quantitative estimate of drug-likeness (QED) is 0.286. The van der Waals surface area contributed by atoms with Crippen LogP contribution in [0.4, 0.5) is 0 Å². The molecule has 5 heteroatoms. The van der Waals surface area contributed by atoms with Crippen molar-refractivity contribution in [1.82, 2.24) is 0 Å². The fourth-order valence-electron chi connectivity index (χ4n) is 3.36. The maximum absolute atomic E-state index is 9.84. The highest BCUT2D eigenvalue weighted by molar-refractivity contribution is 4.91. The lowest BCUT2D eigenvalue weighted by atomic mass is 10.1. The van der Waals surface area contributed by atoms with Crippen molar-refractivity contribution in [2.75, 3.05) is 19.8 Å². The van der Waals surface area contributed by atoms with E-state index in [9.17, 15) is 10.2 Å². The van der Waals surface area contributed by atoms with Crippen LogP contribution >= 0.6 is 0 Å².